The van der Waals surface area contributed by atoms with Crippen molar-refractivity contribution in [3.63, 3.8) is 0 Å². The monoisotopic (exact) mass is 173 g/mol. The minimum absolute atomic E-state index is 0.124. The lowest BCUT2D eigenvalue weighted by Crippen LogP contribution is -2.38. The summed E-state index contributed by atoms with van der Waals surface area (Å²) >= 11 is 0. The molecule has 3 nitrogen and oxygen atoms in total. The van der Waals surface area contributed by atoms with Crippen molar-refractivity contribution in [1.82, 2.24) is 5.32 Å². The van der Waals surface area contributed by atoms with Crippen molar-refractivity contribution in [2.75, 3.05) is 13.1 Å². The van der Waals surface area contributed by atoms with Gasteiger partial charge in [-0.2, -0.15) is 0 Å². The van der Waals surface area contributed by atoms with Crippen molar-refractivity contribution in [2.24, 2.45) is 11.8 Å². The number of hydrogen-bond donors (Lipinski definition) is 2. The number of carbonyl (C=O) groups is 1. The number of carboxylic acids is 1. The molecule has 2 N–H and O–H groups in total. The minimum Gasteiger partial charge on any atom is -0.481 e. The summed E-state index contributed by atoms with van der Waals surface area (Å²) in [6.07, 6.45) is 0.774. The summed E-state index contributed by atoms with van der Waals surface area (Å²) in [5.74, 6) is -0.485. The van der Waals surface area contributed by atoms with Gasteiger partial charge in [-0.3, -0.25) is 4.79 Å². The highest BCUT2D eigenvalue weighted by Gasteiger charge is 2.26. The maximum atomic E-state index is 10.5. The molecule has 1 fully saturated rings. The van der Waals surface area contributed by atoms with Crippen molar-refractivity contribution in [3.05, 3.63) is 0 Å². The van der Waals surface area contributed by atoms with Gasteiger partial charge in [0.15, 0.2) is 0 Å². The molecule has 2 unspecified atom stereocenters. The van der Waals surface area contributed by atoms with Crippen molar-refractivity contribution < 1.29 is 9.90 Å². The standard InChI is InChI=1S/C7H13NO2.C2H6/c1-5-4-8-3-2-6(5)7(9)10;1-2/h5-6,8H,2-4H2,1H3,(H,9,10);1-2H3. The zero-order valence-corrected chi connectivity index (χ0v) is 8.13. The normalized spacial score (nSPS) is 28.6. The Bertz CT molecular complexity index is 136. The van der Waals surface area contributed by atoms with Gasteiger partial charge in [-0.15, -0.1) is 0 Å². The minimum atomic E-state index is -0.644. The number of nitrogens with one attached hydrogen (secondary N) is 1. The van der Waals surface area contributed by atoms with E-state index >= 15 is 0 Å². The summed E-state index contributed by atoms with van der Waals surface area (Å²) in [5.41, 5.74) is 0. The van der Waals surface area contributed by atoms with Crippen molar-refractivity contribution >= 4 is 5.97 Å². The van der Waals surface area contributed by atoms with Gasteiger partial charge in [-0.1, -0.05) is 20.8 Å². The van der Waals surface area contributed by atoms with Gasteiger partial charge < -0.3 is 10.4 Å². The van der Waals surface area contributed by atoms with Crippen LogP contribution in [0.3, 0.4) is 0 Å². The smallest absolute Gasteiger partial charge is 0.306 e. The quantitative estimate of drug-likeness (QED) is 0.629. The van der Waals surface area contributed by atoms with E-state index in [-0.39, 0.29) is 11.8 Å². The van der Waals surface area contributed by atoms with Gasteiger partial charge in [0.25, 0.3) is 0 Å². The van der Waals surface area contributed by atoms with Crippen LogP contribution in [0.25, 0.3) is 0 Å². The third-order valence-electron chi connectivity index (χ3n) is 2.10. The van der Waals surface area contributed by atoms with E-state index in [0.29, 0.717) is 0 Å². The maximum absolute atomic E-state index is 10.5. The first kappa shape index (κ1) is 11.4. The first-order chi connectivity index (χ1) is 5.72. The van der Waals surface area contributed by atoms with Gasteiger partial charge in [0, 0.05) is 0 Å². The number of hydrogen-bond acceptors (Lipinski definition) is 2. The number of piperidine rings is 1. The zero-order valence-electron chi connectivity index (χ0n) is 8.13. The SMILES string of the molecule is CC.CC1CNCCC1C(=O)O. The molecule has 0 radical (unpaired) electrons. The second kappa shape index (κ2) is 6.00. The molecule has 2 atom stereocenters. The molecular weight excluding hydrogens is 154 g/mol. The van der Waals surface area contributed by atoms with E-state index in [2.05, 4.69) is 5.32 Å². The van der Waals surface area contributed by atoms with E-state index in [4.69, 9.17) is 5.11 Å². The van der Waals surface area contributed by atoms with Gasteiger partial charge in [0.1, 0.15) is 0 Å². The fourth-order valence-electron chi connectivity index (χ4n) is 1.38. The summed E-state index contributed by atoms with van der Waals surface area (Å²) in [5, 5.41) is 11.8. The Kier molecular flexibility index (Phi) is 5.72. The molecular formula is C9H19NO2. The average molecular weight is 173 g/mol. The fourth-order valence-corrected chi connectivity index (χ4v) is 1.38. The topological polar surface area (TPSA) is 49.3 Å². The molecule has 0 aromatic heterocycles. The van der Waals surface area contributed by atoms with E-state index in [0.717, 1.165) is 19.5 Å². The van der Waals surface area contributed by atoms with Crippen LogP contribution in [-0.4, -0.2) is 24.2 Å². The Morgan fingerprint density at radius 3 is 2.42 bits per heavy atom. The van der Waals surface area contributed by atoms with Crippen LogP contribution >= 0.6 is 0 Å². The van der Waals surface area contributed by atoms with Crippen LogP contribution in [0.2, 0.25) is 0 Å². The zero-order chi connectivity index (χ0) is 9.56. The highest BCUT2D eigenvalue weighted by Crippen LogP contribution is 2.17. The molecule has 0 aliphatic carbocycles. The molecule has 1 saturated heterocycles. The van der Waals surface area contributed by atoms with Crippen LogP contribution in [-0.2, 0) is 4.79 Å². The molecule has 0 spiro atoms. The lowest BCUT2D eigenvalue weighted by molar-refractivity contribution is -0.144. The number of aliphatic carboxylic acids is 1. The van der Waals surface area contributed by atoms with Gasteiger partial charge in [-0.25, -0.2) is 0 Å². The Labute approximate surface area is 74.2 Å². The largest absolute Gasteiger partial charge is 0.481 e. The first-order valence-corrected chi connectivity index (χ1v) is 4.65. The number of carboxylic acid groups (broad SMARTS) is 1. The maximum Gasteiger partial charge on any atom is 0.306 e. The van der Waals surface area contributed by atoms with E-state index in [1.54, 1.807) is 0 Å². The molecule has 0 amide bonds. The molecule has 0 aromatic carbocycles. The van der Waals surface area contributed by atoms with Gasteiger partial charge in [0.2, 0.25) is 0 Å². The molecule has 3 heteroatoms. The predicted molar refractivity (Wildman–Crippen MR) is 49.1 cm³/mol. The number of rotatable bonds is 1. The van der Waals surface area contributed by atoms with Crippen molar-refractivity contribution in [2.45, 2.75) is 27.2 Å². The van der Waals surface area contributed by atoms with Crippen LogP contribution in [0.5, 0.6) is 0 Å². The third-order valence-corrected chi connectivity index (χ3v) is 2.10. The van der Waals surface area contributed by atoms with Crippen LogP contribution in [0, 0.1) is 11.8 Å². The molecule has 0 saturated carbocycles. The van der Waals surface area contributed by atoms with Crippen LogP contribution < -0.4 is 5.32 Å². The lowest BCUT2D eigenvalue weighted by atomic mass is 9.88. The molecule has 1 aliphatic rings. The summed E-state index contributed by atoms with van der Waals surface area (Å²) < 4.78 is 0. The third kappa shape index (κ3) is 3.22. The first-order valence-electron chi connectivity index (χ1n) is 4.65. The highest BCUT2D eigenvalue weighted by molar-refractivity contribution is 5.70. The van der Waals surface area contributed by atoms with E-state index in [1.165, 1.54) is 0 Å². The second-order valence-electron chi connectivity index (χ2n) is 2.91. The van der Waals surface area contributed by atoms with Crippen LogP contribution in [0.15, 0.2) is 0 Å². The molecule has 1 aliphatic heterocycles. The van der Waals surface area contributed by atoms with E-state index in [1.807, 2.05) is 20.8 Å². The lowest BCUT2D eigenvalue weighted by Gasteiger charge is -2.25. The van der Waals surface area contributed by atoms with Crippen LogP contribution in [0.4, 0.5) is 0 Å². The molecule has 1 heterocycles. The Hall–Kier alpha value is -0.570. The van der Waals surface area contributed by atoms with Crippen molar-refractivity contribution in [1.29, 1.82) is 0 Å². The van der Waals surface area contributed by atoms with E-state index in [9.17, 15) is 4.79 Å². The summed E-state index contributed by atoms with van der Waals surface area (Å²) in [6, 6.07) is 0. The highest BCUT2D eigenvalue weighted by atomic mass is 16.4. The van der Waals surface area contributed by atoms with Crippen molar-refractivity contribution in [3.8, 4) is 0 Å². The Morgan fingerprint density at radius 2 is 2.08 bits per heavy atom. The molecule has 1 rings (SSSR count). The van der Waals surface area contributed by atoms with Gasteiger partial charge in [-0.05, 0) is 25.4 Å². The van der Waals surface area contributed by atoms with Gasteiger partial charge in [0.05, 0.1) is 5.92 Å². The molecule has 72 valence electrons. The summed E-state index contributed by atoms with van der Waals surface area (Å²) in [6.45, 7) is 7.67. The second-order valence-corrected chi connectivity index (χ2v) is 2.91. The molecule has 0 aromatic rings. The fraction of sp³-hybridized carbons (Fsp3) is 0.889. The Balaban J connectivity index is 0.000000561. The summed E-state index contributed by atoms with van der Waals surface area (Å²) in [4.78, 5) is 10.5. The van der Waals surface area contributed by atoms with E-state index < -0.39 is 5.97 Å². The molecule has 12 heavy (non-hydrogen) atoms. The van der Waals surface area contributed by atoms with Crippen LogP contribution in [0.1, 0.15) is 27.2 Å². The predicted octanol–water partition coefficient (Wildman–Crippen LogP) is 1.34. The average Bonchev–Trinajstić information content (AvgIpc) is 2.08. The van der Waals surface area contributed by atoms with Gasteiger partial charge >= 0.3 is 5.97 Å². The molecule has 0 bridgehead atoms. The Morgan fingerprint density at radius 1 is 1.50 bits per heavy atom. The summed E-state index contributed by atoms with van der Waals surface area (Å²) in [7, 11) is 0.